The monoisotopic (exact) mass is 466 g/mol. The summed E-state index contributed by atoms with van der Waals surface area (Å²) >= 11 is 0. The second-order valence-electron chi connectivity index (χ2n) is 9.27. The van der Waals surface area contributed by atoms with Crippen LogP contribution in [0.2, 0.25) is 0 Å². The van der Waals surface area contributed by atoms with Gasteiger partial charge in [-0.3, -0.25) is 9.78 Å². The SMILES string of the molecule is COc1ccc2nccc(C(O)CC[C@@H]3CCN(CCCc4cncn4C)C[C@@H]3C(=O)O)c2c1. The molecule has 1 unspecified atom stereocenters. The zero-order chi connectivity index (χ0) is 24.1. The minimum atomic E-state index is -0.741. The van der Waals surface area contributed by atoms with Crippen molar-refractivity contribution in [2.45, 2.75) is 38.2 Å². The van der Waals surface area contributed by atoms with Gasteiger partial charge in [-0.05, 0) is 80.9 Å². The molecule has 3 aromatic rings. The number of aromatic nitrogens is 3. The number of likely N-dealkylation sites (tertiary alicyclic amines) is 1. The summed E-state index contributed by atoms with van der Waals surface area (Å²) in [5, 5.41) is 21.7. The molecule has 1 aliphatic rings. The molecule has 3 heterocycles. The van der Waals surface area contributed by atoms with E-state index in [0.29, 0.717) is 19.4 Å². The summed E-state index contributed by atoms with van der Waals surface area (Å²) in [4.78, 5) is 22.9. The molecule has 4 rings (SSSR count). The standard InChI is InChI=1S/C26H34N4O4/c1-29-17-27-15-19(29)4-3-12-30-13-10-18(23(16-30)26(32)33)5-8-25(31)21-9-11-28-24-7-6-20(34-2)14-22(21)24/h6-7,9,11,14-15,17-18,23,25,31H,3-5,8,10,12-13,16H2,1-2H3,(H,32,33)/t18-,23+,25?/m1/s1. The van der Waals surface area contributed by atoms with Crippen molar-refractivity contribution < 1.29 is 19.7 Å². The van der Waals surface area contributed by atoms with Gasteiger partial charge in [0.05, 0.1) is 31.0 Å². The topological polar surface area (TPSA) is 101 Å². The van der Waals surface area contributed by atoms with E-state index >= 15 is 0 Å². The molecule has 34 heavy (non-hydrogen) atoms. The number of nitrogens with zero attached hydrogens (tertiary/aromatic N) is 4. The first-order valence-electron chi connectivity index (χ1n) is 12.0. The summed E-state index contributed by atoms with van der Waals surface area (Å²) in [6, 6.07) is 7.47. The zero-order valence-electron chi connectivity index (χ0n) is 19.9. The Morgan fingerprint density at radius 2 is 2.18 bits per heavy atom. The predicted octanol–water partition coefficient (Wildman–Crippen LogP) is 3.45. The second kappa shape index (κ2) is 11.0. The fourth-order valence-corrected chi connectivity index (χ4v) is 5.10. The molecule has 2 aromatic heterocycles. The highest BCUT2D eigenvalue weighted by Gasteiger charge is 2.34. The number of aliphatic hydroxyl groups is 1. The molecule has 1 fully saturated rings. The number of pyridine rings is 1. The number of piperidine rings is 1. The second-order valence-corrected chi connectivity index (χ2v) is 9.27. The molecule has 0 aliphatic carbocycles. The fourth-order valence-electron chi connectivity index (χ4n) is 5.10. The molecule has 1 aliphatic heterocycles. The zero-order valence-corrected chi connectivity index (χ0v) is 19.9. The van der Waals surface area contributed by atoms with Crippen LogP contribution in [-0.2, 0) is 18.3 Å². The van der Waals surface area contributed by atoms with E-state index in [4.69, 9.17) is 4.74 Å². The molecular formula is C26H34N4O4. The van der Waals surface area contributed by atoms with Crippen LogP contribution in [0.15, 0.2) is 43.0 Å². The number of carboxylic acids is 1. The maximum absolute atomic E-state index is 12.1. The van der Waals surface area contributed by atoms with Gasteiger partial charge in [0.25, 0.3) is 0 Å². The summed E-state index contributed by atoms with van der Waals surface area (Å²) < 4.78 is 7.36. The molecule has 8 heteroatoms. The summed E-state index contributed by atoms with van der Waals surface area (Å²) in [5.41, 5.74) is 2.81. The Balaban J connectivity index is 1.34. The number of aliphatic hydroxyl groups excluding tert-OH is 1. The number of hydrogen-bond donors (Lipinski definition) is 2. The highest BCUT2D eigenvalue weighted by molar-refractivity contribution is 5.83. The van der Waals surface area contributed by atoms with Crippen molar-refractivity contribution in [3.8, 4) is 5.75 Å². The Hall–Kier alpha value is -2.97. The number of ether oxygens (including phenoxy) is 1. The molecule has 0 bridgehead atoms. The van der Waals surface area contributed by atoms with Gasteiger partial charge >= 0.3 is 5.97 Å². The van der Waals surface area contributed by atoms with Crippen LogP contribution in [0.4, 0.5) is 0 Å². The first kappa shape index (κ1) is 24.2. The van der Waals surface area contributed by atoms with Crippen molar-refractivity contribution in [3.63, 3.8) is 0 Å². The first-order chi connectivity index (χ1) is 16.5. The van der Waals surface area contributed by atoms with Crippen LogP contribution in [0, 0.1) is 11.8 Å². The Morgan fingerprint density at radius 1 is 1.32 bits per heavy atom. The number of rotatable bonds is 10. The summed E-state index contributed by atoms with van der Waals surface area (Å²) in [6.07, 6.45) is 8.67. The van der Waals surface area contributed by atoms with E-state index in [1.54, 1.807) is 19.6 Å². The molecule has 0 spiro atoms. The molecule has 1 saturated heterocycles. The van der Waals surface area contributed by atoms with Gasteiger partial charge < -0.3 is 24.4 Å². The van der Waals surface area contributed by atoms with Gasteiger partial charge in [0.2, 0.25) is 0 Å². The lowest BCUT2D eigenvalue weighted by molar-refractivity contribution is -0.146. The predicted molar refractivity (Wildman–Crippen MR) is 130 cm³/mol. The van der Waals surface area contributed by atoms with Crippen LogP contribution in [0.5, 0.6) is 5.75 Å². The van der Waals surface area contributed by atoms with Crippen molar-refractivity contribution in [2.75, 3.05) is 26.7 Å². The molecule has 8 nitrogen and oxygen atoms in total. The van der Waals surface area contributed by atoms with Crippen LogP contribution in [0.3, 0.4) is 0 Å². The summed E-state index contributed by atoms with van der Waals surface area (Å²) in [7, 11) is 3.61. The lowest BCUT2D eigenvalue weighted by Gasteiger charge is -2.37. The quantitative estimate of drug-likeness (QED) is 0.472. The fraction of sp³-hybridized carbons (Fsp3) is 0.500. The minimum Gasteiger partial charge on any atom is -0.497 e. The van der Waals surface area contributed by atoms with E-state index in [2.05, 4.69) is 14.9 Å². The van der Waals surface area contributed by atoms with Crippen molar-refractivity contribution in [1.82, 2.24) is 19.4 Å². The maximum atomic E-state index is 12.1. The maximum Gasteiger partial charge on any atom is 0.308 e. The van der Waals surface area contributed by atoms with Crippen molar-refractivity contribution in [3.05, 3.63) is 54.2 Å². The van der Waals surface area contributed by atoms with Gasteiger partial charge in [-0.2, -0.15) is 0 Å². The lowest BCUT2D eigenvalue weighted by atomic mass is 9.81. The number of methoxy groups -OCH3 is 1. The number of benzene rings is 1. The van der Waals surface area contributed by atoms with Crippen molar-refractivity contribution in [1.29, 1.82) is 0 Å². The number of fused-ring (bicyclic) bond motifs is 1. The van der Waals surface area contributed by atoms with E-state index in [0.717, 1.165) is 54.6 Å². The molecule has 182 valence electrons. The van der Waals surface area contributed by atoms with Crippen LogP contribution in [-0.4, -0.2) is 62.4 Å². The van der Waals surface area contributed by atoms with E-state index in [1.165, 1.54) is 5.69 Å². The molecule has 0 amide bonds. The van der Waals surface area contributed by atoms with E-state index in [9.17, 15) is 15.0 Å². The van der Waals surface area contributed by atoms with E-state index < -0.39 is 18.0 Å². The Bertz CT molecular complexity index is 1120. The number of carboxylic acid groups (broad SMARTS) is 1. The van der Waals surface area contributed by atoms with Crippen molar-refractivity contribution >= 4 is 16.9 Å². The van der Waals surface area contributed by atoms with Gasteiger partial charge in [0, 0.05) is 37.1 Å². The van der Waals surface area contributed by atoms with Gasteiger partial charge in [0.1, 0.15) is 5.75 Å². The summed E-state index contributed by atoms with van der Waals surface area (Å²) in [6.45, 7) is 2.34. The third-order valence-electron chi connectivity index (χ3n) is 7.13. The molecular weight excluding hydrogens is 432 g/mol. The molecule has 2 N–H and O–H groups in total. The Morgan fingerprint density at radius 3 is 2.91 bits per heavy atom. The number of hydrogen-bond acceptors (Lipinski definition) is 6. The van der Waals surface area contributed by atoms with Crippen LogP contribution in [0.25, 0.3) is 10.9 Å². The van der Waals surface area contributed by atoms with E-state index in [1.807, 2.05) is 42.1 Å². The smallest absolute Gasteiger partial charge is 0.308 e. The third-order valence-corrected chi connectivity index (χ3v) is 7.13. The number of imidazole rings is 1. The first-order valence-corrected chi connectivity index (χ1v) is 12.0. The Kier molecular flexibility index (Phi) is 7.80. The van der Waals surface area contributed by atoms with Gasteiger partial charge in [0.15, 0.2) is 0 Å². The average Bonchev–Trinajstić information content (AvgIpc) is 3.26. The van der Waals surface area contributed by atoms with Gasteiger partial charge in [-0.1, -0.05) is 0 Å². The third kappa shape index (κ3) is 5.56. The van der Waals surface area contributed by atoms with Crippen LogP contribution < -0.4 is 4.74 Å². The van der Waals surface area contributed by atoms with Crippen LogP contribution in [0.1, 0.15) is 43.0 Å². The largest absolute Gasteiger partial charge is 0.497 e. The molecule has 1 aromatic carbocycles. The molecule has 3 atom stereocenters. The normalized spacial score (nSPS) is 19.9. The Labute approximate surface area is 200 Å². The van der Waals surface area contributed by atoms with Crippen molar-refractivity contribution in [2.24, 2.45) is 18.9 Å². The number of aliphatic carboxylic acids is 1. The van der Waals surface area contributed by atoms with E-state index in [-0.39, 0.29) is 5.92 Å². The number of aryl methyl sites for hydroxylation is 2. The highest BCUT2D eigenvalue weighted by atomic mass is 16.5. The average molecular weight is 467 g/mol. The van der Waals surface area contributed by atoms with Gasteiger partial charge in [-0.25, -0.2) is 4.98 Å². The minimum absolute atomic E-state index is 0.0584. The van der Waals surface area contributed by atoms with Gasteiger partial charge in [-0.15, -0.1) is 0 Å². The molecule has 0 radical (unpaired) electrons. The number of carbonyl (C=O) groups is 1. The molecule has 0 saturated carbocycles. The summed E-state index contributed by atoms with van der Waals surface area (Å²) in [5.74, 6) is -0.374. The lowest BCUT2D eigenvalue weighted by Crippen LogP contribution is -2.44. The highest BCUT2D eigenvalue weighted by Crippen LogP contribution is 2.33. The van der Waals surface area contributed by atoms with Crippen LogP contribution >= 0.6 is 0 Å².